The normalized spacial score (nSPS) is 10.6. The summed E-state index contributed by atoms with van der Waals surface area (Å²) in [5, 5.41) is 20.7. The smallest absolute Gasteiger partial charge is 0.323 e. The third kappa shape index (κ3) is 2.63. The number of aliphatic carboxylic acids is 1. The summed E-state index contributed by atoms with van der Waals surface area (Å²) >= 11 is 1.37. The molecule has 2 aromatic rings. The second-order valence-electron chi connectivity index (χ2n) is 4.05. The molecule has 100 valence electrons. The number of carboxylic acid groups (broad SMARTS) is 1. The molecule has 0 aliphatic carbocycles. The van der Waals surface area contributed by atoms with Crippen LogP contribution in [0.25, 0.3) is 10.2 Å². The first-order valence-corrected chi connectivity index (χ1v) is 6.18. The van der Waals surface area contributed by atoms with Gasteiger partial charge in [-0.05, 0) is 13.0 Å². The topological polar surface area (TPSA) is 96.6 Å². The average molecular weight is 281 g/mol. The summed E-state index contributed by atoms with van der Waals surface area (Å²) in [5.41, 5.74) is 0.783. The van der Waals surface area contributed by atoms with E-state index in [1.807, 2.05) is 6.92 Å². The van der Waals surface area contributed by atoms with Gasteiger partial charge in [-0.2, -0.15) is 0 Å². The number of fused-ring (bicyclic) bond motifs is 1. The van der Waals surface area contributed by atoms with Crippen molar-refractivity contribution in [1.82, 2.24) is 4.98 Å². The number of nitro groups is 1. The number of carboxylic acids is 1. The van der Waals surface area contributed by atoms with Crippen molar-refractivity contribution in [2.24, 2.45) is 0 Å². The number of aryl methyl sites for hydroxylation is 1. The van der Waals surface area contributed by atoms with E-state index in [0.29, 0.717) is 5.52 Å². The molecule has 0 spiro atoms. The van der Waals surface area contributed by atoms with Crippen molar-refractivity contribution in [2.75, 3.05) is 18.5 Å². The summed E-state index contributed by atoms with van der Waals surface area (Å²) in [6.07, 6.45) is 0. The average Bonchev–Trinajstić information content (AvgIpc) is 2.65. The molecule has 0 radical (unpaired) electrons. The van der Waals surface area contributed by atoms with Crippen molar-refractivity contribution < 1.29 is 14.8 Å². The molecule has 7 nitrogen and oxygen atoms in total. The second kappa shape index (κ2) is 4.81. The summed E-state index contributed by atoms with van der Waals surface area (Å²) in [5.74, 6) is -1.05. The van der Waals surface area contributed by atoms with E-state index in [1.54, 1.807) is 6.07 Å². The Morgan fingerprint density at radius 3 is 2.84 bits per heavy atom. The van der Waals surface area contributed by atoms with E-state index in [1.165, 1.54) is 29.4 Å². The molecular formula is C11H11N3O4S. The monoisotopic (exact) mass is 281 g/mol. The van der Waals surface area contributed by atoms with Crippen LogP contribution in [0.3, 0.4) is 0 Å². The van der Waals surface area contributed by atoms with E-state index in [9.17, 15) is 14.9 Å². The highest BCUT2D eigenvalue weighted by molar-refractivity contribution is 7.18. The number of benzene rings is 1. The summed E-state index contributed by atoms with van der Waals surface area (Å²) in [4.78, 5) is 26.9. The molecule has 0 unspecified atom stereocenters. The third-order valence-corrected chi connectivity index (χ3v) is 3.51. The molecule has 0 atom stereocenters. The lowest BCUT2D eigenvalue weighted by atomic mass is 10.2. The van der Waals surface area contributed by atoms with Gasteiger partial charge in [0.2, 0.25) is 0 Å². The van der Waals surface area contributed by atoms with Gasteiger partial charge in [-0.15, -0.1) is 11.3 Å². The number of likely N-dealkylation sites (N-methyl/N-ethyl adjacent to an activating group) is 1. The van der Waals surface area contributed by atoms with Crippen LogP contribution < -0.4 is 4.90 Å². The highest BCUT2D eigenvalue weighted by Gasteiger charge is 2.21. The zero-order valence-electron chi connectivity index (χ0n) is 10.3. The Labute approximate surface area is 112 Å². The first kappa shape index (κ1) is 13.2. The van der Waals surface area contributed by atoms with Gasteiger partial charge >= 0.3 is 5.97 Å². The number of aromatic nitrogens is 1. The molecule has 0 aliphatic heterocycles. The van der Waals surface area contributed by atoms with Gasteiger partial charge in [0.05, 0.1) is 20.1 Å². The molecule has 2 rings (SSSR count). The summed E-state index contributed by atoms with van der Waals surface area (Å²) in [7, 11) is 1.50. The Balaban J connectivity index is 2.58. The number of nitro benzene ring substituents is 1. The Bertz CT molecular complexity index is 667. The number of nitrogens with zero attached hydrogens (tertiary/aromatic N) is 3. The van der Waals surface area contributed by atoms with Crippen LogP contribution >= 0.6 is 11.3 Å². The third-order valence-electron chi connectivity index (χ3n) is 2.57. The van der Waals surface area contributed by atoms with Gasteiger partial charge in [0.1, 0.15) is 12.2 Å². The molecule has 19 heavy (non-hydrogen) atoms. The van der Waals surface area contributed by atoms with Crippen molar-refractivity contribution in [3.8, 4) is 0 Å². The molecular weight excluding hydrogens is 270 g/mol. The zero-order chi connectivity index (χ0) is 14.2. The first-order chi connectivity index (χ1) is 8.88. The minimum absolute atomic E-state index is 0.111. The fourth-order valence-electron chi connectivity index (χ4n) is 1.81. The van der Waals surface area contributed by atoms with Crippen molar-refractivity contribution in [2.45, 2.75) is 6.92 Å². The predicted molar refractivity (Wildman–Crippen MR) is 71.9 cm³/mol. The molecule has 1 aromatic heterocycles. The van der Waals surface area contributed by atoms with E-state index in [2.05, 4.69) is 4.98 Å². The van der Waals surface area contributed by atoms with Gasteiger partial charge in [0.15, 0.2) is 0 Å². The maximum atomic E-state index is 11.1. The molecule has 0 saturated heterocycles. The molecule has 0 amide bonds. The maximum Gasteiger partial charge on any atom is 0.323 e. The largest absolute Gasteiger partial charge is 0.480 e. The van der Waals surface area contributed by atoms with Crippen molar-refractivity contribution in [1.29, 1.82) is 0 Å². The van der Waals surface area contributed by atoms with Crippen molar-refractivity contribution in [3.63, 3.8) is 0 Å². The Morgan fingerprint density at radius 2 is 2.26 bits per heavy atom. The van der Waals surface area contributed by atoms with Gasteiger partial charge in [0, 0.05) is 13.1 Å². The Kier molecular flexibility index (Phi) is 3.34. The molecule has 0 bridgehead atoms. The van der Waals surface area contributed by atoms with Gasteiger partial charge in [-0.25, -0.2) is 4.98 Å². The number of rotatable bonds is 4. The molecule has 0 saturated carbocycles. The highest BCUT2D eigenvalue weighted by Crippen LogP contribution is 2.34. The van der Waals surface area contributed by atoms with E-state index in [-0.39, 0.29) is 17.9 Å². The van der Waals surface area contributed by atoms with Crippen LogP contribution in [0.4, 0.5) is 11.4 Å². The number of hydrogen-bond acceptors (Lipinski definition) is 6. The molecule has 1 N–H and O–H groups in total. The summed E-state index contributed by atoms with van der Waals surface area (Å²) in [6, 6.07) is 2.99. The number of hydrogen-bond donors (Lipinski definition) is 1. The van der Waals surface area contributed by atoms with E-state index in [0.717, 1.165) is 9.71 Å². The van der Waals surface area contributed by atoms with Crippen LogP contribution in [0, 0.1) is 17.0 Å². The second-order valence-corrected chi connectivity index (χ2v) is 5.28. The van der Waals surface area contributed by atoms with Crippen LogP contribution in [-0.2, 0) is 4.79 Å². The molecule has 1 aromatic carbocycles. The zero-order valence-corrected chi connectivity index (χ0v) is 11.1. The van der Waals surface area contributed by atoms with Gasteiger partial charge < -0.3 is 10.0 Å². The minimum Gasteiger partial charge on any atom is -0.480 e. The van der Waals surface area contributed by atoms with Crippen LogP contribution in [-0.4, -0.2) is 34.6 Å². The van der Waals surface area contributed by atoms with Crippen molar-refractivity contribution >= 4 is 38.9 Å². The highest BCUT2D eigenvalue weighted by atomic mass is 32.1. The van der Waals surface area contributed by atoms with Crippen molar-refractivity contribution in [3.05, 3.63) is 27.3 Å². The molecule has 1 heterocycles. The summed E-state index contributed by atoms with van der Waals surface area (Å²) in [6.45, 7) is 1.51. The lowest BCUT2D eigenvalue weighted by Crippen LogP contribution is -2.25. The van der Waals surface area contributed by atoms with Gasteiger partial charge in [-0.3, -0.25) is 14.9 Å². The summed E-state index contributed by atoms with van der Waals surface area (Å²) < 4.78 is 0.719. The lowest BCUT2D eigenvalue weighted by Gasteiger charge is -2.16. The standard InChI is InChI=1S/C11H11N3O4S/c1-6-12-7-3-8(13(2)5-11(15)16)9(14(17)18)4-10(7)19-6/h3-4H,5H2,1-2H3,(H,15,16). The van der Waals surface area contributed by atoms with Crippen LogP contribution in [0.15, 0.2) is 12.1 Å². The fraction of sp³-hybridized carbons (Fsp3) is 0.273. The van der Waals surface area contributed by atoms with Gasteiger partial charge in [0.25, 0.3) is 5.69 Å². The van der Waals surface area contributed by atoms with Crippen LogP contribution in [0.2, 0.25) is 0 Å². The molecule has 0 aliphatic rings. The SMILES string of the molecule is Cc1nc2cc(N(C)CC(=O)O)c([N+](=O)[O-])cc2s1. The van der Waals surface area contributed by atoms with E-state index < -0.39 is 10.9 Å². The van der Waals surface area contributed by atoms with Crippen LogP contribution in [0.5, 0.6) is 0 Å². The van der Waals surface area contributed by atoms with E-state index >= 15 is 0 Å². The molecule has 0 fully saturated rings. The fourth-order valence-corrected chi connectivity index (χ4v) is 2.65. The number of thiazole rings is 1. The van der Waals surface area contributed by atoms with Crippen LogP contribution in [0.1, 0.15) is 5.01 Å². The number of carbonyl (C=O) groups is 1. The first-order valence-electron chi connectivity index (χ1n) is 5.37. The molecule has 8 heteroatoms. The predicted octanol–water partition coefficient (Wildman–Crippen LogP) is 2.03. The quantitative estimate of drug-likeness (QED) is 0.680. The lowest BCUT2D eigenvalue weighted by molar-refractivity contribution is -0.384. The van der Waals surface area contributed by atoms with Gasteiger partial charge in [-0.1, -0.05) is 0 Å². The maximum absolute atomic E-state index is 11.1. The Morgan fingerprint density at radius 1 is 1.58 bits per heavy atom. The Hall–Kier alpha value is -2.22. The number of anilines is 1. The van der Waals surface area contributed by atoms with E-state index in [4.69, 9.17) is 5.11 Å². The minimum atomic E-state index is -1.05.